The van der Waals surface area contributed by atoms with Crippen molar-refractivity contribution < 1.29 is 9.53 Å². The second-order valence-corrected chi connectivity index (χ2v) is 7.74. The van der Waals surface area contributed by atoms with E-state index in [-0.39, 0.29) is 16.5 Å². The molecule has 2 aliphatic heterocycles. The fourth-order valence-corrected chi connectivity index (χ4v) is 5.19. The van der Waals surface area contributed by atoms with Gasteiger partial charge in [-0.1, -0.05) is 18.2 Å². The molecule has 0 aliphatic carbocycles. The Balaban J connectivity index is 1.71. The summed E-state index contributed by atoms with van der Waals surface area (Å²) in [6.07, 6.45) is 3.13. The predicted molar refractivity (Wildman–Crippen MR) is 85.4 cm³/mol. The number of carbonyl (C=O) groups excluding carboxylic acids is 1. The Labute approximate surface area is 128 Å². The molecule has 20 heavy (non-hydrogen) atoms. The highest BCUT2D eigenvalue weighted by Crippen LogP contribution is 2.34. The molecule has 3 nitrogen and oxygen atoms in total. The van der Waals surface area contributed by atoms with Crippen LogP contribution < -0.4 is 10.1 Å². The fourth-order valence-electron chi connectivity index (χ4n) is 2.55. The Bertz CT molecular complexity index is 475. The van der Waals surface area contributed by atoms with Gasteiger partial charge in [0.1, 0.15) is 10.3 Å². The molecular formula is C15H19NO2S2. The van der Waals surface area contributed by atoms with Crippen molar-refractivity contribution in [2.45, 2.75) is 29.9 Å². The summed E-state index contributed by atoms with van der Waals surface area (Å²) in [5.74, 6) is 3.27. The van der Waals surface area contributed by atoms with Crippen LogP contribution in [0, 0.1) is 0 Å². The maximum atomic E-state index is 12.4. The Kier molecular flexibility index (Phi) is 4.78. The standard InChI is InChI=1S/C15H19NO2S2/c17-14(15-19-9-4-10-20-15)16-12-6-3-8-18-13-7-2-1-5-11(12)13/h1-2,5,7,12,15H,3-4,6,8-10H2,(H,16,17)/t12-/m0/s1. The van der Waals surface area contributed by atoms with E-state index in [9.17, 15) is 4.79 Å². The summed E-state index contributed by atoms with van der Waals surface area (Å²) in [6, 6.07) is 8.13. The summed E-state index contributed by atoms with van der Waals surface area (Å²) in [5.41, 5.74) is 1.11. The third kappa shape index (κ3) is 3.26. The summed E-state index contributed by atoms with van der Waals surface area (Å²) in [6.45, 7) is 0.732. The zero-order valence-electron chi connectivity index (χ0n) is 11.3. The molecule has 1 amide bonds. The number of hydrogen-bond donors (Lipinski definition) is 1. The average molecular weight is 309 g/mol. The van der Waals surface area contributed by atoms with Crippen molar-refractivity contribution in [3.8, 4) is 5.75 Å². The highest BCUT2D eigenvalue weighted by Gasteiger charge is 2.27. The normalized spacial score (nSPS) is 23.3. The maximum Gasteiger partial charge on any atom is 0.243 e. The van der Waals surface area contributed by atoms with E-state index in [1.807, 2.05) is 18.2 Å². The van der Waals surface area contributed by atoms with Gasteiger partial charge in [-0.05, 0) is 36.8 Å². The quantitative estimate of drug-likeness (QED) is 0.910. The molecular weight excluding hydrogens is 290 g/mol. The van der Waals surface area contributed by atoms with E-state index < -0.39 is 0 Å². The summed E-state index contributed by atoms with van der Waals surface area (Å²) in [5, 5.41) is 3.22. The van der Waals surface area contributed by atoms with Crippen LogP contribution in [0.4, 0.5) is 0 Å². The van der Waals surface area contributed by atoms with Gasteiger partial charge in [0.05, 0.1) is 12.6 Å². The predicted octanol–water partition coefficient (Wildman–Crippen LogP) is 3.21. The SMILES string of the molecule is O=C(N[C@H]1CCCOc2ccccc21)C1SCCCS1. The molecule has 0 bridgehead atoms. The zero-order chi connectivity index (χ0) is 13.8. The van der Waals surface area contributed by atoms with Gasteiger partial charge < -0.3 is 10.1 Å². The molecule has 0 radical (unpaired) electrons. The number of hydrogen-bond acceptors (Lipinski definition) is 4. The van der Waals surface area contributed by atoms with Crippen LogP contribution in [-0.4, -0.2) is 28.6 Å². The molecule has 1 aromatic rings. The van der Waals surface area contributed by atoms with Crippen LogP contribution in [0.3, 0.4) is 0 Å². The minimum Gasteiger partial charge on any atom is -0.493 e. The van der Waals surface area contributed by atoms with E-state index in [1.165, 1.54) is 6.42 Å². The monoisotopic (exact) mass is 309 g/mol. The van der Waals surface area contributed by atoms with Gasteiger partial charge in [0.2, 0.25) is 5.91 Å². The maximum absolute atomic E-state index is 12.4. The lowest BCUT2D eigenvalue weighted by atomic mass is 10.0. The van der Waals surface area contributed by atoms with Crippen molar-refractivity contribution in [2.75, 3.05) is 18.1 Å². The molecule has 3 rings (SSSR count). The van der Waals surface area contributed by atoms with Crippen LogP contribution in [0.25, 0.3) is 0 Å². The van der Waals surface area contributed by atoms with Gasteiger partial charge in [0.25, 0.3) is 0 Å². The Morgan fingerprint density at radius 1 is 1.20 bits per heavy atom. The van der Waals surface area contributed by atoms with E-state index in [1.54, 1.807) is 23.5 Å². The summed E-state index contributed by atoms with van der Waals surface area (Å²) in [4.78, 5) is 12.4. The molecule has 0 unspecified atom stereocenters. The number of thioether (sulfide) groups is 2. The van der Waals surface area contributed by atoms with Gasteiger partial charge in [0.15, 0.2) is 0 Å². The number of benzene rings is 1. The molecule has 1 aromatic carbocycles. The number of rotatable bonds is 2. The van der Waals surface area contributed by atoms with Gasteiger partial charge >= 0.3 is 0 Å². The van der Waals surface area contributed by atoms with E-state index in [2.05, 4.69) is 11.4 Å². The lowest BCUT2D eigenvalue weighted by molar-refractivity contribution is -0.119. The van der Waals surface area contributed by atoms with Crippen molar-refractivity contribution in [1.82, 2.24) is 5.32 Å². The van der Waals surface area contributed by atoms with Crippen LogP contribution in [-0.2, 0) is 4.79 Å². The van der Waals surface area contributed by atoms with Gasteiger partial charge in [-0.3, -0.25) is 4.79 Å². The van der Waals surface area contributed by atoms with E-state index in [4.69, 9.17) is 4.74 Å². The molecule has 2 heterocycles. The summed E-state index contributed by atoms with van der Waals surface area (Å²) in [7, 11) is 0. The Morgan fingerprint density at radius 3 is 2.85 bits per heavy atom. The van der Waals surface area contributed by atoms with Crippen molar-refractivity contribution >= 4 is 29.4 Å². The lowest BCUT2D eigenvalue weighted by Gasteiger charge is -2.24. The molecule has 1 N–H and O–H groups in total. The first kappa shape index (κ1) is 14.1. The molecule has 1 fully saturated rings. The topological polar surface area (TPSA) is 38.3 Å². The van der Waals surface area contributed by atoms with Crippen molar-refractivity contribution in [3.63, 3.8) is 0 Å². The molecule has 1 saturated heterocycles. The molecule has 0 saturated carbocycles. The van der Waals surface area contributed by atoms with E-state index >= 15 is 0 Å². The molecule has 108 valence electrons. The van der Waals surface area contributed by atoms with Gasteiger partial charge in [0, 0.05) is 5.56 Å². The second kappa shape index (κ2) is 6.76. The third-order valence-electron chi connectivity index (χ3n) is 3.55. The Morgan fingerprint density at radius 2 is 2.00 bits per heavy atom. The highest BCUT2D eigenvalue weighted by molar-refractivity contribution is 8.18. The van der Waals surface area contributed by atoms with E-state index in [0.717, 1.165) is 42.3 Å². The number of nitrogens with one attached hydrogen (secondary N) is 1. The number of carbonyl (C=O) groups is 1. The third-order valence-corrected chi connectivity index (χ3v) is 6.45. The van der Waals surface area contributed by atoms with Crippen molar-refractivity contribution in [2.24, 2.45) is 0 Å². The number of ether oxygens (including phenoxy) is 1. The summed E-state index contributed by atoms with van der Waals surface area (Å²) < 4.78 is 5.80. The molecule has 2 aliphatic rings. The average Bonchev–Trinajstić information content (AvgIpc) is 2.71. The highest BCUT2D eigenvalue weighted by atomic mass is 32.2. The molecule has 0 aromatic heterocycles. The van der Waals surface area contributed by atoms with E-state index in [0.29, 0.717) is 0 Å². The van der Waals surface area contributed by atoms with Crippen LogP contribution in [0.5, 0.6) is 5.75 Å². The fraction of sp³-hybridized carbons (Fsp3) is 0.533. The largest absolute Gasteiger partial charge is 0.493 e. The first-order chi connectivity index (χ1) is 9.84. The number of amides is 1. The van der Waals surface area contributed by atoms with Gasteiger partial charge in [-0.25, -0.2) is 0 Å². The first-order valence-corrected chi connectivity index (χ1v) is 9.19. The number of fused-ring (bicyclic) bond motifs is 1. The van der Waals surface area contributed by atoms with Crippen LogP contribution in [0.1, 0.15) is 30.9 Å². The summed E-state index contributed by atoms with van der Waals surface area (Å²) >= 11 is 3.53. The van der Waals surface area contributed by atoms with Crippen LogP contribution in [0.15, 0.2) is 24.3 Å². The molecule has 0 spiro atoms. The first-order valence-electron chi connectivity index (χ1n) is 7.10. The van der Waals surface area contributed by atoms with Crippen LogP contribution >= 0.6 is 23.5 Å². The van der Waals surface area contributed by atoms with Crippen LogP contribution in [0.2, 0.25) is 0 Å². The smallest absolute Gasteiger partial charge is 0.243 e. The zero-order valence-corrected chi connectivity index (χ0v) is 13.0. The lowest BCUT2D eigenvalue weighted by Crippen LogP contribution is -2.35. The minimum absolute atomic E-state index is 0.0556. The Hall–Kier alpha value is -0.810. The molecule has 1 atom stereocenters. The second-order valence-electron chi connectivity index (χ2n) is 5.02. The molecule has 5 heteroatoms. The minimum atomic E-state index is 0.0556. The van der Waals surface area contributed by atoms with Crippen molar-refractivity contribution in [3.05, 3.63) is 29.8 Å². The van der Waals surface area contributed by atoms with Crippen molar-refractivity contribution in [1.29, 1.82) is 0 Å². The van der Waals surface area contributed by atoms with Gasteiger partial charge in [-0.15, -0.1) is 23.5 Å². The van der Waals surface area contributed by atoms with Gasteiger partial charge in [-0.2, -0.15) is 0 Å². The number of para-hydroxylation sites is 1.